The number of amidine groups is 2. The van der Waals surface area contributed by atoms with E-state index in [-0.39, 0.29) is 23.9 Å². The lowest BCUT2D eigenvalue weighted by Gasteiger charge is -2.25. The molecule has 0 saturated heterocycles. The molecule has 0 saturated carbocycles. The number of aliphatic imine (C=N–C) groups is 2. The van der Waals surface area contributed by atoms with Crippen LogP contribution in [-0.2, 0) is 21.9 Å². The summed E-state index contributed by atoms with van der Waals surface area (Å²) in [5, 5.41) is 16.2. The number of benzene rings is 2. The molecule has 0 bridgehead atoms. The van der Waals surface area contributed by atoms with Crippen LogP contribution in [0.4, 0.5) is 11.4 Å². The van der Waals surface area contributed by atoms with Crippen molar-refractivity contribution in [3.63, 3.8) is 0 Å². The summed E-state index contributed by atoms with van der Waals surface area (Å²) in [5.41, 5.74) is 2.31. The minimum absolute atomic E-state index is 0.0204. The van der Waals surface area contributed by atoms with Crippen LogP contribution in [0.2, 0.25) is 0 Å². The number of carbonyl (C=O) groups is 2. The number of thiophene rings is 1. The molecule has 3 heterocycles. The van der Waals surface area contributed by atoms with E-state index in [4.69, 9.17) is 0 Å². The number of amides is 2. The summed E-state index contributed by atoms with van der Waals surface area (Å²) >= 11 is 2.90. The molecule has 0 fully saturated rings. The molecule has 2 aliphatic rings. The maximum Gasteiger partial charge on any atom is 0.269 e. The summed E-state index contributed by atoms with van der Waals surface area (Å²) in [6.45, 7) is 0.415. The van der Waals surface area contributed by atoms with E-state index in [2.05, 4.69) is 15.3 Å². The van der Waals surface area contributed by atoms with Gasteiger partial charge in [0.15, 0.2) is 5.17 Å². The third-order valence-electron chi connectivity index (χ3n) is 5.48. The van der Waals surface area contributed by atoms with Crippen molar-refractivity contribution in [3.8, 4) is 0 Å². The topological polar surface area (TPSA) is 117 Å². The van der Waals surface area contributed by atoms with Gasteiger partial charge in [0.25, 0.3) is 11.6 Å². The molecule has 35 heavy (non-hydrogen) atoms. The van der Waals surface area contributed by atoms with Crippen LogP contribution >= 0.6 is 23.1 Å². The van der Waals surface area contributed by atoms with E-state index in [0.29, 0.717) is 29.0 Å². The Balaban J connectivity index is 1.33. The quantitative estimate of drug-likeness (QED) is 0.380. The first-order chi connectivity index (χ1) is 17.0. The Bertz CT molecular complexity index is 1350. The number of non-ortho nitro benzene ring substituents is 1. The summed E-state index contributed by atoms with van der Waals surface area (Å²) < 4.78 is 0. The molecule has 2 aliphatic heterocycles. The zero-order chi connectivity index (χ0) is 24.4. The largest absolute Gasteiger partial charge is 0.351 e. The second-order valence-electron chi connectivity index (χ2n) is 7.83. The van der Waals surface area contributed by atoms with Crippen molar-refractivity contribution < 1.29 is 14.5 Å². The fourth-order valence-electron chi connectivity index (χ4n) is 3.74. The van der Waals surface area contributed by atoms with E-state index < -0.39 is 11.0 Å². The minimum atomic E-state index is -0.829. The Morgan fingerprint density at radius 3 is 2.69 bits per heavy atom. The molecule has 3 aromatic rings. The summed E-state index contributed by atoms with van der Waals surface area (Å²) in [7, 11) is 0. The number of nitro benzene ring substituents is 1. The normalized spacial score (nSPS) is 16.3. The molecular formula is C24H19N5O4S2. The van der Waals surface area contributed by atoms with Gasteiger partial charge in [0.1, 0.15) is 11.9 Å². The third-order valence-corrected chi connectivity index (χ3v) is 7.37. The molecule has 0 aliphatic carbocycles. The average Bonchev–Trinajstić information content (AvgIpc) is 3.50. The van der Waals surface area contributed by atoms with E-state index in [1.807, 2.05) is 41.8 Å². The van der Waals surface area contributed by atoms with Crippen molar-refractivity contribution in [1.82, 2.24) is 10.2 Å². The molecule has 176 valence electrons. The number of rotatable bonds is 7. The molecule has 1 aromatic heterocycles. The molecule has 2 amide bonds. The molecule has 11 heteroatoms. The van der Waals surface area contributed by atoms with Crippen molar-refractivity contribution in [2.45, 2.75) is 24.8 Å². The predicted molar refractivity (Wildman–Crippen MR) is 136 cm³/mol. The number of para-hydroxylation sites is 1. The molecule has 9 nitrogen and oxygen atoms in total. The van der Waals surface area contributed by atoms with Gasteiger partial charge >= 0.3 is 0 Å². The second-order valence-corrected chi connectivity index (χ2v) is 9.80. The Morgan fingerprint density at radius 1 is 1.14 bits per heavy atom. The standard InChI is InChI=1S/C24H19N5O4S2/c30-21(25-13-17-4-3-11-34-17)12-20-23(31)28-22(26-20)18-5-1-2-6-19(18)27-24(28)35-14-15-7-9-16(10-8-15)29(32)33/h1-11,20H,12-14H2,(H,25,30)/t20-/m0/s1. The fourth-order valence-corrected chi connectivity index (χ4v) is 5.34. The number of hydrogen-bond donors (Lipinski definition) is 1. The van der Waals surface area contributed by atoms with Gasteiger partial charge in [0.2, 0.25) is 5.91 Å². The third kappa shape index (κ3) is 4.86. The Kier molecular flexibility index (Phi) is 6.43. The van der Waals surface area contributed by atoms with Crippen molar-refractivity contribution in [2.75, 3.05) is 0 Å². The van der Waals surface area contributed by atoms with E-state index in [9.17, 15) is 19.7 Å². The summed E-state index contributed by atoms with van der Waals surface area (Å²) in [5.74, 6) is 0.409. The molecule has 1 atom stereocenters. The Morgan fingerprint density at radius 2 is 1.94 bits per heavy atom. The number of nitrogens with zero attached hydrogens (tertiary/aromatic N) is 4. The minimum Gasteiger partial charge on any atom is -0.351 e. The van der Waals surface area contributed by atoms with E-state index >= 15 is 0 Å². The van der Waals surface area contributed by atoms with Crippen molar-refractivity contribution in [3.05, 3.63) is 92.2 Å². The van der Waals surface area contributed by atoms with Gasteiger partial charge in [-0.1, -0.05) is 42.1 Å². The van der Waals surface area contributed by atoms with Gasteiger partial charge in [0, 0.05) is 28.3 Å². The highest BCUT2D eigenvalue weighted by molar-refractivity contribution is 8.13. The monoisotopic (exact) mass is 505 g/mol. The van der Waals surface area contributed by atoms with Crippen LogP contribution in [-0.4, -0.2) is 38.7 Å². The van der Waals surface area contributed by atoms with Crippen LogP contribution in [0.3, 0.4) is 0 Å². The Hall–Kier alpha value is -3.83. The molecule has 0 unspecified atom stereocenters. The first-order valence-electron chi connectivity index (χ1n) is 10.7. The SMILES string of the molecule is O=C(C[C@@H]1N=C2c3ccccc3N=C(SCc3ccc([N+](=O)[O-])cc3)N2C1=O)NCc1cccs1. The van der Waals surface area contributed by atoms with Gasteiger partial charge in [-0.15, -0.1) is 11.3 Å². The molecule has 0 spiro atoms. The zero-order valence-electron chi connectivity index (χ0n) is 18.3. The predicted octanol–water partition coefficient (Wildman–Crippen LogP) is 4.25. The Labute approximate surface area is 208 Å². The lowest BCUT2D eigenvalue weighted by Crippen LogP contribution is -2.42. The molecule has 0 radical (unpaired) electrons. The molecular weight excluding hydrogens is 486 g/mol. The van der Waals surface area contributed by atoms with Gasteiger partial charge in [-0.2, -0.15) is 0 Å². The van der Waals surface area contributed by atoms with Crippen LogP contribution in [0.15, 0.2) is 76.0 Å². The van der Waals surface area contributed by atoms with E-state index in [1.165, 1.54) is 28.8 Å². The highest BCUT2D eigenvalue weighted by Gasteiger charge is 2.42. The fraction of sp³-hybridized carbons (Fsp3) is 0.167. The average molecular weight is 506 g/mol. The van der Waals surface area contributed by atoms with E-state index in [0.717, 1.165) is 16.0 Å². The molecule has 2 aromatic carbocycles. The van der Waals surface area contributed by atoms with Crippen molar-refractivity contribution >= 4 is 57.3 Å². The van der Waals surface area contributed by atoms with E-state index in [1.54, 1.807) is 23.5 Å². The summed E-state index contributed by atoms with van der Waals surface area (Å²) in [4.78, 5) is 48.1. The molecule has 1 N–H and O–H groups in total. The summed E-state index contributed by atoms with van der Waals surface area (Å²) in [6, 6.07) is 16.7. The second kappa shape index (κ2) is 9.80. The number of nitrogens with one attached hydrogen (secondary N) is 1. The van der Waals surface area contributed by atoms with Crippen molar-refractivity contribution in [2.24, 2.45) is 9.98 Å². The van der Waals surface area contributed by atoms with Crippen LogP contribution < -0.4 is 5.32 Å². The maximum atomic E-state index is 13.3. The highest BCUT2D eigenvalue weighted by atomic mass is 32.2. The van der Waals surface area contributed by atoms with Crippen LogP contribution in [0.5, 0.6) is 0 Å². The van der Waals surface area contributed by atoms with Gasteiger partial charge in [-0.25, -0.2) is 9.89 Å². The van der Waals surface area contributed by atoms with Crippen molar-refractivity contribution in [1.29, 1.82) is 0 Å². The highest BCUT2D eigenvalue weighted by Crippen LogP contribution is 2.35. The lowest BCUT2D eigenvalue weighted by atomic mass is 10.1. The van der Waals surface area contributed by atoms with Gasteiger partial charge < -0.3 is 5.32 Å². The number of hydrogen-bond acceptors (Lipinski definition) is 8. The number of nitro groups is 1. The number of fused-ring (bicyclic) bond motifs is 3. The first-order valence-corrected chi connectivity index (χ1v) is 12.6. The van der Waals surface area contributed by atoms with Crippen LogP contribution in [0, 0.1) is 10.1 Å². The van der Waals surface area contributed by atoms with Gasteiger partial charge in [-0.3, -0.25) is 24.7 Å². The van der Waals surface area contributed by atoms with Crippen LogP contribution in [0.25, 0.3) is 0 Å². The van der Waals surface area contributed by atoms with Gasteiger partial charge in [-0.05, 0) is 29.1 Å². The smallest absolute Gasteiger partial charge is 0.269 e. The first kappa shape index (κ1) is 22.9. The molecule has 5 rings (SSSR count). The van der Waals surface area contributed by atoms with Crippen LogP contribution in [0.1, 0.15) is 22.4 Å². The number of thioether (sulfide) groups is 1. The van der Waals surface area contributed by atoms with Gasteiger partial charge in [0.05, 0.1) is 23.6 Å². The lowest BCUT2D eigenvalue weighted by molar-refractivity contribution is -0.384. The summed E-state index contributed by atoms with van der Waals surface area (Å²) in [6.07, 6.45) is -0.0489. The number of carbonyl (C=O) groups excluding carboxylic acids is 2. The maximum absolute atomic E-state index is 13.3. The zero-order valence-corrected chi connectivity index (χ0v) is 19.9.